The number of amidine groups is 1. The van der Waals surface area contributed by atoms with Crippen LogP contribution in [-0.4, -0.2) is 62.2 Å². The van der Waals surface area contributed by atoms with Gasteiger partial charge in [-0.1, -0.05) is 12.1 Å². The maximum atomic E-state index is 12.8. The number of carbonyl (C=O) groups excluding carboxylic acids is 1. The number of amides is 1. The summed E-state index contributed by atoms with van der Waals surface area (Å²) in [6.45, 7) is 5.56. The molecule has 2 aliphatic rings. The Morgan fingerprint density at radius 3 is 2.68 bits per heavy atom. The van der Waals surface area contributed by atoms with Gasteiger partial charge in [-0.25, -0.2) is 8.42 Å². The SMILES string of the molecule is C[C@H](N=C1NS(=O)(=O)c2ccccc21)C(=O)N1CCN(Cc2ccsc2)CC1. The van der Waals surface area contributed by atoms with Gasteiger partial charge in [-0.15, -0.1) is 0 Å². The molecule has 1 N–H and O–H groups in total. The third-order valence-electron chi connectivity index (χ3n) is 5.01. The fourth-order valence-electron chi connectivity index (χ4n) is 3.51. The predicted octanol–water partition coefficient (Wildman–Crippen LogP) is 1.52. The lowest BCUT2D eigenvalue weighted by Gasteiger charge is -2.35. The van der Waals surface area contributed by atoms with Crippen LogP contribution in [0.1, 0.15) is 18.1 Å². The molecular formula is C19H22N4O3S2. The van der Waals surface area contributed by atoms with E-state index in [4.69, 9.17) is 0 Å². The van der Waals surface area contributed by atoms with E-state index in [0.717, 1.165) is 19.6 Å². The van der Waals surface area contributed by atoms with Crippen LogP contribution in [-0.2, 0) is 21.4 Å². The highest BCUT2D eigenvalue weighted by Crippen LogP contribution is 2.23. The molecule has 0 aliphatic carbocycles. The standard InChI is InChI=1S/C19H22N4O3S2/c1-14(20-18-16-4-2-3-5-17(16)28(25,26)21-18)19(24)23-9-7-22(8-10-23)12-15-6-11-27-13-15/h2-6,11,13-14H,7-10,12H2,1H3,(H,20,21)/t14-/m0/s1. The molecular weight excluding hydrogens is 396 g/mol. The predicted molar refractivity (Wildman–Crippen MR) is 109 cm³/mol. The Labute approximate surface area is 168 Å². The van der Waals surface area contributed by atoms with E-state index < -0.39 is 16.1 Å². The van der Waals surface area contributed by atoms with Crippen molar-refractivity contribution in [2.75, 3.05) is 26.2 Å². The van der Waals surface area contributed by atoms with Gasteiger partial charge in [0.1, 0.15) is 11.9 Å². The van der Waals surface area contributed by atoms with Crippen molar-refractivity contribution in [2.45, 2.75) is 24.4 Å². The zero-order valence-corrected chi connectivity index (χ0v) is 17.2. The summed E-state index contributed by atoms with van der Waals surface area (Å²) in [5.41, 5.74) is 1.82. The normalized spacial score (nSPS) is 21.3. The first kappa shape index (κ1) is 19.1. The zero-order chi connectivity index (χ0) is 19.7. The van der Waals surface area contributed by atoms with Gasteiger partial charge in [-0.05, 0) is 41.4 Å². The van der Waals surface area contributed by atoms with Gasteiger partial charge in [0, 0.05) is 38.3 Å². The fraction of sp³-hybridized carbons (Fsp3) is 0.368. The van der Waals surface area contributed by atoms with Crippen LogP contribution in [0.15, 0.2) is 51.0 Å². The molecule has 0 unspecified atom stereocenters. The van der Waals surface area contributed by atoms with Crippen molar-refractivity contribution >= 4 is 33.1 Å². The van der Waals surface area contributed by atoms with E-state index in [0.29, 0.717) is 18.7 Å². The molecule has 1 saturated heterocycles. The molecule has 0 spiro atoms. The lowest BCUT2D eigenvalue weighted by molar-refractivity contribution is -0.133. The summed E-state index contributed by atoms with van der Waals surface area (Å²) in [7, 11) is -3.59. The summed E-state index contributed by atoms with van der Waals surface area (Å²) < 4.78 is 26.8. The molecule has 1 fully saturated rings. The van der Waals surface area contributed by atoms with Gasteiger partial charge in [0.2, 0.25) is 5.91 Å². The van der Waals surface area contributed by atoms with Gasteiger partial charge in [-0.2, -0.15) is 11.3 Å². The van der Waals surface area contributed by atoms with Crippen LogP contribution in [0.25, 0.3) is 0 Å². The molecule has 0 saturated carbocycles. The first-order valence-electron chi connectivity index (χ1n) is 9.16. The Hall–Kier alpha value is -2.23. The number of piperazine rings is 1. The first-order chi connectivity index (χ1) is 13.4. The average molecular weight is 419 g/mol. The number of thiophene rings is 1. The third-order valence-corrected chi connectivity index (χ3v) is 7.14. The number of benzene rings is 1. The Kier molecular flexibility index (Phi) is 5.22. The quantitative estimate of drug-likeness (QED) is 0.816. The summed E-state index contributed by atoms with van der Waals surface area (Å²) in [6, 6.07) is 8.15. The van der Waals surface area contributed by atoms with Crippen LogP contribution in [0.3, 0.4) is 0 Å². The van der Waals surface area contributed by atoms with Crippen molar-refractivity contribution in [3.05, 3.63) is 52.2 Å². The maximum Gasteiger partial charge on any atom is 0.263 e. The van der Waals surface area contributed by atoms with E-state index in [1.54, 1.807) is 42.5 Å². The minimum absolute atomic E-state index is 0.0775. The summed E-state index contributed by atoms with van der Waals surface area (Å²) in [5, 5.41) is 4.22. The second-order valence-corrected chi connectivity index (χ2v) is 9.42. The number of nitrogens with one attached hydrogen (secondary N) is 1. The molecule has 4 rings (SSSR count). The van der Waals surface area contributed by atoms with Crippen LogP contribution < -0.4 is 4.72 Å². The monoisotopic (exact) mass is 418 g/mol. The van der Waals surface area contributed by atoms with E-state index in [9.17, 15) is 13.2 Å². The van der Waals surface area contributed by atoms with Crippen LogP contribution in [0, 0.1) is 0 Å². The van der Waals surface area contributed by atoms with Crippen LogP contribution in [0.4, 0.5) is 0 Å². The van der Waals surface area contributed by atoms with Crippen molar-refractivity contribution in [1.82, 2.24) is 14.5 Å². The van der Waals surface area contributed by atoms with Crippen molar-refractivity contribution < 1.29 is 13.2 Å². The largest absolute Gasteiger partial charge is 0.338 e. The van der Waals surface area contributed by atoms with E-state index >= 15 is 0 Å². The Balaban J connectivity index is 1.40. The number of hydrogen-bond donors (Lipinski definition) is 1. The van der Waals surface area contributed by atoms with Gasteiger partial charge in [0.25, 0.3) is 10.0 Å². The van der Waals surface area contributed by atoms with Crippen LogP contribution in [0.5, 0.6) is 0 Å². The summed E-state index contributed by atoms with van der Waals surface area (Å²) >= 11 is 1.69. The Morgan fingerprint density at radius 1 is 1.21 bits per heavy atom. The average Bonchev–Trinajstić information content (AvgIpc) is 3.28. The smallest absolute Gasteiger partial charge is 0.263 e. The van der Waals surface area contributed by atoms with Crippen molar-refractivity contribution in [3.8, 4) is 0 Å². The number of aliphatic imine (C=N–C) groups is 1. The molecule has 2 aliphatic heterocycles. The summed E-state index contributed by atoms with van der Waals surface area (Å²) in [4.78, 5) is 21.6. The van der Waals surface area contributed by atoms with E-state index in [1.165, 1.54) is 5.56 Å². The first-order valence-corrected chi connectivity index (χ1v) is 11.6. The second-order valence-electron chi connectivity index (χ2n) is 6.99. The highest BCUT2D eigenvalue weighted by atomic mass is 32.2. The molecule has 148 valence electrons. The van der Waals surface area contributed by atoms with Gasteiger partial charge in [-0.3, -0.25) is 19.4 Å². The highest BCUT2D eigenvalue weighted by molar-refractivity contribution is 7.90. The Morgan fingerprint density at radius 2 is 1.96 bits per heavy atom. The Bertz CT molecular complexity index is 994. The number of carbonyl (C=O) groups is 1. The molecule has 7 nitrogen and oxygen atoms in total. The van der Waals surface area contributed by atoms with Crippen molar-refractivity contribution in [3.63, 3.8) is 0 Å². The third kappa shape index (κ3) is 3.82. The van der Waals surface area contributed by atoms with Crippen LogP contribution >= 0.6 is 11.3 Å². The number of sulfonamides is 1. The van der Waals surface area contributed by atoms with Gasteiger partial charge < -0.3 is 4.90 Å². The molecule has 1 atom stereocenters. The lowest BCUT2D eigenvalue weighted by Crippen LogP contribution is -2.50. The minimum Gasteiger partial charge on any atom is -0.338 e. The molecule has 0 bridgehead atoms. The zero-order valence-electron chi connectivity index (χ0n) is 15.5. The number of nitrogens with zero attached hydrogens (tertiary/aromatic N) is 3. The number of rotatable bonds is 4. The van der Waals surface area contributed by atoms with Gasteiger partial charge in [0.15, 0.2) is 0 Å². The van der Waals surface area contributed by atoms with E-state index in [1.807, 2.05) is 4.90 Å². The fourth-order valence-corrected chi connectivity index (χ4v) is 5.41. The molecule has 1 aromatic heterocycles. The molecule has 0 radical (unpaired) electrons. The van der Waals surface area contributed by atoms with E-state index in [2.05, 4.69) is 31.4 Å². The topological polar surface area (TPSA) is 82.1 Å². The maximum absolute atomic E-state index is 12.8. The molecule has 1 aromatic carbocycles. The number of hydrogen-bond acceptors (Lipinski definition) is 6. The molecule has 3 heterocycles. The molecule has 1 amide bonds. The van der Waals surface area contributed by atoms with E-state index in [-0.39, 0.29) is 16.6 Å². The molecule has 9 heteroatoms. The van der Waals surface area contributed by atoms with Crippen LogP contribution in [0.2, 0.25) is 0 Å². The lowest BCUT2D eigenvalue weighted by atomic mass is 10.2. The van der Waals surface area contributed by atoms with Gasteiger partial charge >= 0.3 is 0 Å². The molecule has 28 heavy (non-hydrogen) atoms. The van der Waals surface area contributed by atoms with Crippen molar-refractivity contribution in [2.24, 2.45) is 4.99 Å². The van der Waals surface area contributed by atoms with Crippen molar-refractivity contribution in [1.29, 1.82) is 0 Å². The highest BCUT2D eigenvalue weighted by Gasteiger charge is 2.32. The van der Waals surface area contributed by atoms with Gasteiger partial charge in [0.05, 0.1) is 4.90 Å². The minimum atomic E-state index is -3.59. The number of fused-ring (bicyclic) bond motifs is 1. The summed E-state index contributed by atoms with van der Waals surface area (Å²) in [6.07, 6.45) is 0. The second kappa shape index (κ2) is 7.65. The molecule has 2 aromatic rings. The summed E-state index contributed by atoms with van der Waals surface area (Å²) in [5.74, 6) is 0.166.